The summed E-state index contributed by atoms with van der Waals surface area (Å²) in [5.41, 5.74) is 0.617. The molecule has 0 amide bonds. The van der Waals surface area contributed by atoms with E-state index >= 15 is 0 Å². The Morgan fingerprint density at radius 1 is 1.47 bits per heavy atom. The maximum atomic E-state index is 11.3. The van der Waals surface area contributed by atoms with Crippen LogP contribution in [-0.4, -0.2) is 51.9 Å². The Morgan fingerprint density at radius 2 is 2.21 bits per heavy atom. The standard InChI is InChI=1S/C13H18N2O4/c1-8(10-3-2-9(16)6-12(10)17)15-5-4-14-7-11(15)13(18)19/h2-3,6,8,11,14,16-17H,4-5,7H2,1H3,(H,18,19). The van der Waals surface area contributed by atoms with Crippen LogP contribution >= 0.6 is 0 Å². The van der Waals surface area contributed by atoms with Gasteiger partial charge in [-0.3, -0.25) is 9.69 Å². The Kier molecular flexibility index (Phi) is 3.92. The molecule has 0 radical (unpaired) electrons. The van der Waals surface area contributed by atoms with Gasteiger partial charge in [-0.1, -0.05) is 6.07 Å². The van der Waals surface area contributed by atoms with Crippen molar-refractivity contribution >= 4 is 5.97 Å². The Bertz CT molecular complexity index is 478. The van der Waals surface area contributed by atoms with Gasteiger partial charge in [-0.25, -0.2) is 0 Å². The van der Waals surface area contributed by atoms with Crippen LogP contribution in [-0.2, 0) is 4.79 Å². The fourth-order valence-electron chi connectivity index (χ4n) is 2.48. The lowest BCUT2D eigenvalue weighted by Gasteiger charge is -2.38. The third-order valence-corrected chi connectivity index (χ3v) is 3.53. The van der Waals surface area contributed by atoms with Crippen LogP contribution in [0.4, 0.5) is 0 Å². The minimum atomic E-state index is -0.877. The second kappa shape index (κ2) is 5.46. The summed E-state index contributed by atoms with van der Waals surface area (Å²) in [5, 5.41) is 31.4. The summed E-state index contributed by atoms with van der Waals surface area (Å²) in [6.45, 7) is 3.55. The first-order valence-corrected chi connectivity index (χ1v) is 6.22. The van der Waals surface area contributed by atoms with Gasteiger partial charge in [0.1, 0.15) is 17.5 Å². The Balaban J connectivity index is 2.25. The van der Waals surface area contributed by atoms with Gasteiger partial charge in [0.15, 0.2) is 0 Å². The number of carboxylic acid groups (broad SMARTS) is 1. The molecule has 104 valence electrons. The second-order valence-corrected chi connectivity index (χ2v) is 4.72. The summed E-state index contributed by atoms with van der Waals surface area (Å²) in [6, 6.07) is 3.53. The molecular formula is C13H18N2O4. The van der Waals surface area contributed by atoms with Crippen molar-refractivity contribution in [1.82, 2.24) is 10.2 Å². The number of phenols is 2. The van der Waals surface area contributed by atoms with E-state index in [0.717, 1.165) is 0 Å². The molecule has 4 N–H and O–H groups in total. The average Bonchev–Trinajstić information content (AvgIpc) is 2.38. The van der Waals surface area contributed by atoms with Crippen molar-refractivity contribution in [2.24, 2.45) is 0 Å². The van der Waals surface area contributed by atoms with Crippen molar-refractivity contribution in [2.45, 2.75) is 19.0 Å². The molecule has 2 unspecified atom stereocenters. The molecule has 1 aliphatic heterocycles. The molecule has 1 aromatic rings. The van der Waals surface area contributed by atoms with Crippen LogP contribution < -0.4 is 5.32 Å². The van der Waals surface area contributed by atoms with Gasteiger partial charge in [0.2, 0.25) is 0 Å². The van der Waals surface area contributed by atoms with Gasteiger partial charge in [-0.15, -0.1) is 0 Å². The monoisotopic (exact) mass is 266 g/mol. The normalized spacial score (nSPS) is 22.1. The first kappa shape index (κ1) is 13.6. The molecule has 2 atom stereocenters. The number of carboxylic acids is 1. The summed E-state index contributed by atoms with van der Waals surface area (Å²) in [7, 11) is 0. The van der Waals surface area contributed by atoms with Crippen molar-refractivity contribution in [1.29, 1.82) is 0 Å². The lowest BCUT2D eigenvalue weighted by molar-refractivity contribution is -0.145. The summed E-state index contributed by atoms with van der Waals surface area (Å²) < 4.78 is 0. The number of carbonyl (C=O) groups is 1. The minimum absolute atomic E-state index is 0.0106. The van der Waals surface area contributed by atoms with E-state index in [1.165, 1.54) is 12.1 Å². The predicted molar refractivity (Wildman–Crippen MR) is 69.2 cm³/mol. The number of hydrogen-bond acceptors (Lipinski definition) is 5. The highest BCUT2D eigenvalue weighted by Gasteiger charge is 2.32. The average molecular weight is 266 g/mol. The maximum Gasteiger partial charge on any atom is 0.322 e. The zero-order chi connectivity index (χ0) is 14.0. The highest BCUT2D eigenvalue weighted by Crippen LogP contribution is 2.32. The lowest BCUT2D eigenvalue weighted by Crippen LogP contribution is -2.55. The summed E-state index contributed by atoms with van der Waals surface area (Å²) in [4.78, 5) is 13.1. The third kappa shape index (κ3) is 2.80. The number of nitrogens with zero attached hydrogens (tertiary/aromatic N) is 1. The number of benzene rings is 1. The lowest BCUT2D eigenvalue weighted by atomic mass is 10.0. The number of piperazine rings is 1. The van der Waals surface area contributed by atoms with Crippen molar-refractivity contribution in [3.8, 4) is 11.5 Å². The molecule has 19 heavy (non-hydrogen) atoms. The van der Waals surface area contributed by atoms with Crippen LogP contribution in [0.5, 0.6) is 11.5 Å². The van der Waals surface area contributed by atoms with Gasteiger partial charge in [0.05, 0.1) is 0 Å². The third-order valence-electron chi connectivity index (χ3n) is 3.53. The number of nitrogens with one attached hydrogen (secondary N) is 1. The zero-order valence-corrected chi connectivity index (χ0v) is 10.7. The number of hydrogen-bond donors (Lipinski definition) is 4. The Hall–Kier alpha value is -1.79. The van der Waals surface area contributed by atoms with E-state index in [-0.39, 0.29) is 17.5 Å². The topological polar surface area (TPSA) is 93.0 Å². The van der Waals surface area contributed by atoms with Crippen LogP contribution in [0.3, 0.4) is 0 Å². The molecule has 1 aliphatic rings. The minimum Gasteiger partial charge on any atom is -0.508 e. The molecule has 2 rings (SSSR count). The molecule has 6 nitrogen and oxygen atoms in total. The van der Waals surface area contributed by atoms with Crippen molar-refractivity contribution in [3.63, 3.8) is 0 Å². The largest absolute Gasteiger partial charge is 0.508 e. The first-order valence-electron chi connectivity index (χ1n) is 6.22. The van der Waals surface area contributed by atoms with Gasteiger partial charge in [0.25, 0.3) is 0 Å². The van der Waals surface area contributed by atoms with Crippen molar-refractivity contribution in [2.75, 3.05) is 19.6 Å². The molecule has 0 aliphatic carbocycles. The summed E-state index contributed by atoms with van der Waals surface area (Å²) in [6.07, 6.45) is 0. The van der Waals surface area contributed by atoms with Gasteiger partial charge in [-0.2, -0.15) is 0 Å². The Labute approximate surface area is 111 Å². The van der Waals surface area contributed by atoms with Gasteiger partial charge in [-0.05, 0) is 13.0 Å². The molecule has 1 fully saturated rings. The fourth-order valence-corrected chi connectivity index (χ4v) is 2.48. The number of phenolic OH excluding ortho intramolecular Hbond substituents is 2. The second-order valence-electron chi connectivity index (χ2n) is 4.72. The van der Waals surface area contributed by atoms with Gasteiger partial charge in [0, 0.05) is 37.3 Å². The summed E-state index contributed by atoms with van der Waals surface area (Å²) >= 11 is 0. The SMILES string of the molecule is CC(c1ccc(O)cc1O)N1CCNCC1C(=O)O. The first-order chi connectivity index (χ1) is 9.00. The molecule has 1 heterocycles. The van der Waals surface area contributed by atoms with E-state index < -0.39 is 12.0 Å². The highest BCUT2D eigenvalue weighted by molar-refractivity contribution is 5.74. The zero-order valence-electron chi connectivity index (χ0n) is 10.7. The highest BCUT2D eigenvalue weighted by atomic mass is 16.4. The van der Waals surface area contributed by atoms with Gasteiger partial charge >= 0.3 is 5.97 Å². The van der Waals surface area contributed by atoms with Crippen molar-refractivity contribution < 1.29 is 20.1 Å². The molecule has 1 saturated heterocycles. The predicted octanol–water partition coefficient (Wildman–Crippen LogP) is 0.517. The summed E-state index contributed by atoms with van der Waals surface area (Å²) in [5.74, 6) is -0.906. The van der Waals surface area contributed by atoms with E-state index in [1.54, 1.807) is 6.07 Å². The van der Waals surface area contributed by atoms with Crippen LogP contribution in [0, 0.1) is 0 Å². The number of rotatable bonds is 3. The van der Waals surface area contributed by atoms with Gasteiger partial charge < -0.3 is 20.6 Å². The molecule has 6 heteroatoms. The molecule has 1 aromatic carbocycles. The van der Waals surface area contributed by atoms with Crippen LogP contribution in [0.25, 0.3) is 0 Å². The molecule has 0 saturated carbocycles. The van der Waals surface area contributed by atoms with E-state index in [4.69, 9.17) is 0 Å². The molecular weight excluding hydrogens is 248 g/mol. The molecule has 0 spiro atoms. The maximum absolute atomic E-state index is 11.3. The number of aliphatic carboxylic acids is 1. The van der Waals surface area contributed by atoms with Crippen LogP contribution in [0.15, 0.2) is 18.2 Å². The Morgan fingerprint density at radius 3 is 2.84 bits per heavy atom. The fraction of sp³-hybridized carbons (Fsp3) is 0.462. The van der Waals surface area contributed by atoms with Crippen LogP contribution in [0.2, 0.25) is 0 Å². The molecule has 0 aromatic heterocycles. The van der Waals surface area contributed by atoms with Crippen LogP contribution in [0.1, 0.15) is 18.5 Å². The van der Waals surface area contributed by atoms with E-state index in [1.807, 2.05) is 11.8 Å². The van der Waals surface area contributed by atoms with E-state index in [0.29, 0.717) is 25.2 Å². The molecule has 0 bridgehead atoms. The quantitative estimate of drug-likeness (QED) is 0.637. The van der Waals surface area contributed by atoms with E-state index in [2.05, 4.69) is 5.32 Å². The number of aromatic hydroxyl groups is 2. The van der Waals surface area contributed by atoms with Crippen molar-refractivity contribution in [3.05, 3.63) is 23.8 Å². The smallest absolute Gasteiger partial charge is 0.322 e. The van der Waals surface area contributed by atoms with E-state index in [9.17, 15) is 20.1 Å².